The molecule has 0 rings (SSSR count). The molecule has 0 aliphatic rings. The fourth-order valence-corrected chi connectivity index (χ4v) is 0.722. The number of carbonyl (C=O) groups excluding carboxylic acids is 2. The topological polar surface area (TPSA) is 83.5 Å². The van der Waals surface area contributed by atoms with E-state index in [1.54, 1.807) is 0 Å². The second-order valence-corrected chi connectivity index (χ2v) is 2.38. The van der Waals surface area contributed by atoms with Crippen molar-refractivity contribution < 1.29 is 19.5 Å². The lowest BCUT2D eigenvalue weighted by Crippen LogP contribution is -2.36. The van der Waals surface area contributed by atoms with Gasteiger partial charge in [0.25, 0.3) is 0 Å². The highest BCUT2D eigenvalue weighted by Gasteiger charge is 2.20. The van der Waals surface area contributed by atoms with Gasteiger partial charge in [0.2, 0.25) is 5.78 Å². The Morgan fingerprint density at radius 2 is 1.92 bits per heavy atom. The average molecular weight is 173 g/mol. The fraction of sp³-hybridized carbons (Fsp3) is 0.571. The monoisotopic (exact) mass is 173 g/mol. The van der Waals surface area contributed by atoms with Crippen LogP contribution < -0.4 is 5.32 Å². The zero-order chi connectivity index (χ0) is 9.72. The van der Waals surface area contributed by atoms with E-state index in [2.05, 4.69) is 5.32 Å². The van der Waals surface area contributed by atoms with Gasteiger partial charge in [-0.2, -0.15) is 0 Å². The number of ketones is 2. The summed E-state index contributed by atoms with van der Waals surface area (Å²) in [6, 6.07) is -0.686. The Bertz CT molecular complexity index is 211. The van der Waals surface area contributed by atoms with Crippen LogP contribution in [-0.4, -0.2) is 35.7 Å². The van der Waals surface area contributed by atoms with Crippen LogP contribution in [0.25, 0.3) is 0 Å². The van der Waals surface area contributed by atoms with E-state index >= 15 is 0 Å². The summed E-state index contributed by atoms with van der Waals surface area (Å²) in [4.78, 5) is 31.4. The van der Waals surface area contributed by atoms with Crippen LogP contribution >= 0.6 is 0 Å². The molecule has 0 unspecified atom stereocenters. The van der Waals surface area contributed by atoms with Crippen LogP contribution in [0.2, 0.25) is 0 Å². The van der Waals surface area contributed by atoms with Crippen molar-refractivity contribution in [3.05, 3.63) is 0 Å². The largest absolute Gasteiger partial charge is 0.476 e. The van der Waals surface area contributed by atoms with Crippen molar-refractivity contribution >= 4 is 17.5 Å². The molecule has 0 heterocycles. The molecule has 5 heteroatoms. The van der Waals surface area contributed by atoms with Crippen molar-refractivity contribution in [2.45, 2.75) is 19.4 Å². The quantitative estimate of drug-likeness (QED) is 0.532. The average Bonchev–Trinajstić information content (AvgIpc) is 1.98. The number of carboxylic acids is 1. The van der Waals surface area contributed by atoms with Crippen LogP contribution in [0.15, 0.2) is 0 Å². The smallest absolute Gasteiger partial charge is 0.372 e. The molecule has 0 aromatic heterocycles. The van der Waals surface area contributed by atoms with Gasteiger partial charge in [-0.3, -0.25) is 9.59 Å². The summed E-state index contributed by atoms with van der Waals surface area (Å²) in [5, 5.41) is 10.8. The van der Waals surface area contributed by atoms with Crippen molar-refractivity contribution in [2.24, 2.45) is 0 Å². The number of nitrogens with one attached hydrogen (secondary N) is 1. The van der Waals surface area contributed by atoms with Gasteiger partial charge in [-0.25, -0.2) is 4.79 Å². The normalized spacial score (nSPS) is 12.2. The van der Waals surface area contributed by atoms with E-state index in [1.807, 2.05) is 0 Å². The Labute approximate surface area is 69.8 Å². The van der Waals surface area contributed by atoms with Gasteiger partial charge < -0.3 is 10.4 Å². The number of hydrogen-bond acceptors (Lipinski definition) is 4. The summed E-state index contributed by atoms with van der Waals surface area (Å²) < 4.78 is 0. The van der Waals surface area contributed by atoms with Gasteiger partial charge in [-0.05, 0) is 14.0 Å². The van der Waals surface area contributed by atoms with Crippen molar-refractivity contribution in [1.29, 1.82) is 0 Å². The van der Waals surface area contributed by atoms with Gasteiger partial charge in [-0.1, -0.05) is 0 Å². The Kier molecular flexibility index (Phi) is 4.14. The summed E-state index contributed by atoms with van der Waals surface area (Å²) in [6.45, 7) is 1.30. The summed E-state index contributed by atoms with van der Waals surface area (Å²) in [7, 11) is 1.50. The molecule has 0 spiro atoms. The maximum atomic E-state index is 10.7. The minimum absolute atomic E-state index is 0.243. The van der Waals surface area contributed by atoms with E-state index in [0.29, 0.717) is 0 Å². The van der Waals surface area contributed by atoms with Gasteiger partial charge in [0, 0.05) is 6.42 Å². The molecule has 68 valence electrons. The summed E-state index contributed by atoms with van der Waals surface area (Å²) in [5.41, 5.74) is 0. The van der Waals surface area contributed by atoms with E-state index in [9.17, 15) is 14.4 Å². The molecule has 0 saturated heterocycles. The van der Waals surface area contributed by atoms with E-state index in [1.165, 1.54) is 14.0 Å². The van der Waals surface area contributed by atoms with Gasteiger partial charge >= 0.3 is 5.97 Å². The predicted octanol–water partition coefficient (Wildman–Crippen LogP) is -0.793. The molecule has 0 aliphatic carbocycles. The molecule has 1 atom stereocenters. The third-order valence-corrected chi connectivity index (χ3v) is 1.47. The first-order chi connectivity index (χ1) is 5.49. The van der Waals surface area contributed by atoms with Crippen LogP contribution in [0, 0.1) is 0 Å². The second-order valence-electron chi connectivity index (χ2n) is 2.38. The van der Waals surface area contributed by atoms with Crippen molar-refractivity contribution in [2.75, 3.05) is 7.05 Å². The number of Topliss-reactive ketones (excluding diaryl/α,β-unsaturated/α-hetero) is 2. The van der Waals surface area contributed by atoms with Crippen molar-refractivity contribution in [3.8, 4) is 0 Å². The molecule has 0 aromatic rings. The Hall–Kier alpha value is -1.23. The Morgan fingerprint density at radius 3 is 2.17 bits per heavy atom. The lowest BCUT2D eigenvalue weighted by Gasteiger charge is -2.08. The lowest BCUT2D eigenvalue weighted by atomic mass is 10.1. The van der Waals surface area contributed by atoms with Gasteiger partial charge in [0.1, 0.15) is 5.78 Å². The minimum Gasteiger partial charge on any atom is -0.476 e. The van der Waals surface area contributed by atoms with Crippen LogP contribution in [0.5, 0.6) is 0 Å². The number of likely N-dealkylation sites (N-methyl/N-ethyl adjacent to an activating group) is 1. The second kappa shape index (κ2) is 4.61. The fourth-order valence-electron chi connectivity index (χ4n) is 0.722. The number of aliphatic carboxylic acids is 1. The molecule has 0 radical (unpaired) electrons. The predicted molar refractivity (Wildman–Crippen MR) is 40.8 cm³/mol. The molecule has 5 nitrogen and oxygen atoms in total. The van der Waals surface area contributed by atoms with Crippen LogP contribution in [-0.2, 0) is 14.4 Å². The number of carboxylic acid groups (broad SMARTS) is 1. The Balaban J connectivity index is 4.12. The summed E-state index contributed by atoms with van der Waals surface area (Å²) >= 11 is 0. The highest BCUT2D eigenvalue weighted by Crippen LogP contribution is 1.94. The van der Waals surface area contributed by atoms with Crippen molar-refractivity contribution in [1.82, 2.24) is 5.32 Å². The van der Waals surface area contributed by atoms with E-state index < -0.39 is 17.8 Å². The third kappa shape index (κ3) is 3.25. The van der Waals surface area contributed by atoms with E-state index in [0.717, 1.165) is 0 Å². The van der Waals surface area contributed by atoms with E-state index in [4.69, 9.17) is 5.11 Å². The zero-order valence-electron chi connectivity index (χ0n) is 6.96. The molecule has 0 aromatic carbocycles. The van der Waals surface area contributed by atoms with Crippen LogP contribution in [0.1, 0.15) is 13.3 Å². The molecule has 0 amide bonds. The molecule has 0 bridgehead atoms. The summed E-state index contributed by atoms with van der Waals surface area (Å²) in [5.74, 6) is -2.70. The van der Waals surface area contributed by atoms with Gasteiger partial charge in [-0.15, -0.1) is 0 Å². The standard InChI is InChI=1S/C7H11NO4/c1-4(9)5(8-2)3-6(10)7(11)12/h5,8H,3H2,1-2H3,(H,11,12)/t5-/m0/s1. The SMILES string of the molecule is CN[C@@H](CC(=O)C(=O)O)C(C)=O. The number of rotatable bonds is 5. The molecule has 2 N–H and O–H groups in total. The maximum absolute atomic E-state index is 10.7. The molecular formula is C7H11NO4. The number of carbonyl (C=O) groups is 3. The first-order valence-electron chi connectivity index (χ1n) is 3.43. The zero-order valence-corrected chi connectivity index (χ0v) is 6.96. The molecule has 0 fully saturated rings. The van der Waals surface area contributed by atoms with Crippen LogP contribution in [0.3, 0.4) is 0 Å². The first-order valence-corrected chi connectivity index (χ1v) is 3.43. The first kappa shape index (κ1) is 10.8. The minimum atomic E-state index is -1.50. The molecule has 0 saturated carbocycles. The molecular weight excluding hydrogens is 162 g/mol. The number of hydrogen-bond donors (Lipinski definition) is 2. The maximum Gasteiger partial charge on any atom is 0.372 e. The van der Waals surface area contributed by atoms with Crippen LogP contribution in [0.4, 0.5) is 0 Å². The lowest BCUT2D eigenvalue weighted by molar-refractivity contribution is -0.149. The highest BCUT2D eigenvalue weighted by atomic mass is 16.4. The van der Waals surface area contributed by atoms with Gasteiger partial charge in [0.15, 0.2) is 0 Å². The summed E-state index contributed by atoms with van der Waals surface area (Å²) in [6.07, 6.45) is -0.291. The molecule has 12 heavy (non-hydrogen) atoms. The van der Waals surface area contributed by atoms with Crippen molar-refractivity contribution in [3.63, 3.8) is 0 Å². The highest BCUT2D eigenvalue weighted by molar-refractivity contribution is 6.33. The third-order valence-electron chi connectivity index (χ3n) is 1.47. The van der Waals surface area contributed by atoms with Gasteiger partial charge in [0.05, 0.1) is 6.04 Å². The molecule has 0 aliphatic heterocycles. The Morgan fingerprint density at radius 1 is 1.42 bits per heavy atom. The van der Waals surface area contributed by atoms with E-state index in [-0.39, 0.29) is 12.2 Å².